The Bertz CT molecular complexity index is 880. The van der Waals surface area contributed by atoms with Gasteiger partial charge < -0.3 is 19.7 Å². The van der Waals surface area contributed by atoms with Gasteiger partial charge in [0, 0.05) is 45.3 Å². The zero-order valence-corrected chi connectivity index (χ0v) is 17.2. The largest absolute Gasteiger partial charge is 0.351 e. The van der Waals surface area contributed by atoms with E-state index in [1.54, 1.807) is 12.4 Å². The van der Waals surface area contributed by atoms with Crippen LogP contribution in [0.3, 0.4) is 0 Å². The van der Waals surface area contributed by atoms with E-state index in [0.717, 1.165) is 37.9 Å². The van der Waals surface area contributed by atoms with Gasteiger partial charge in [0.05, 0.1) is 11.5 Å². The lowest BCUT2D eigenvalue weighted by Crippen LogP contribution is -2.66. The van der Waals surface area contributed by atoms with E-state index in [1.807, 2.05) is 47.0 Å². The topological polar surface area (TPSA) is 70.5 Å². The number of amides is 2. The van der Waals surface area contributed by atoms with Crippen LogP contribution in [-0.4, -0.2) is 63.9 Å². The third-order valence-corrected chi connectivity index (χ3v) is 6.51. The first-order valence-electron chi connectivity index (χ1n) is 10.3. The highest BCUT2D eigenvalue weighted by atomic mass is 16.2. The molecule has 0 bridgehead atoms. The van der Waals surface area contributed by atoms with Crippen molar-refractivity contribution in [1.29, 1.82) is 0 Å². The number of aromatic nitrogens is 2. The number of piperidine rings is 2. The average molecular weight is 396 g/mol. The lowest BCUT2D eigenvalue weighted by Gasteiger charge is -2.53. The summed E-state index contributed by atoms with van der Waals surface area (Å²) >= 11 is 0. The van der Waals surface area contributed by atoms with Gasteiger partial charge in [-0.05, 0) is 56.6 Å². The van der Waals surface area contributed by atoms with Gasteiger partial charge in [0.1, 0.15) is 5.69 Å². The van der Waals surface area contributed by atoms with Crippen LogP contribution in [0.4, 0.5) is 0 Å². The van der Waals surface area contributed by atoms with Crippen LogP contribution in [0.5, 0.6) is 0 Å². The van der Waals surface area contributed by atoms with Gasteiger partial charge >= 0.3 is 0 Å². The summed E-state index contributed by atoms with van der Waals surface area (Å²) < 4.78 is 1.85. The number of hydrogen-bond donors (Lipinski definition) is 1. The van der Waals surface area contributed by atoms with Crippen LogP contribution >= 0.6 is 0 Å². The third-order valence-electron chi connectivity index (χ3n) is 6.51. The Balaban J connectivity index is 1.58. The van der Waals surface area contributed by atoms with Gasteiger partial charge in [0.2, 0.25) is 5.91 Å². The molecule has 4 heterocycles. The van der Waals surface area contributed by atoms with Crippen LogP contribution in [-0.2, 0) is 18.4 Å². The first-order chi connectivity index (χ1) is 14.0. The minimum atomic E-state index is -0.534. The summed E-state index contributed by atoms with van der Waals surface area (Å²) in [6.07, 6.45) is 7.82. The number of pyridine rings is 1. The first-order valence-corrected chi connectivity index (χ1v) is 10.3. The summed E-state index contributed by atoms with van der Waals surface area (Å²) in [7, 11) is 3.95. The zero-order valence-electron chi connectivity index (χ0n) is 17.2. The van der Waals surface area contributed by atoms with Gasteiger partial charge in [-0.25, -0.2) is 0 Å². The Labute approximate surface area is 171 Å². The van der Waals surface area contributed by atoms with Crippen molar-refractivity contribution in [3.05, 3.63) is 54.1 Å². The fraction of sp³-hybridized carbons (Fsp3) is 0.500. The Morgan fingerprint density at radius 1 is 1.21 bits per heavy atom. The highest BCUT2D eigenvalue weighted by Crippen LogP contribution is 2.43. The quantitative estimate of drug-likeness (QED) is 0.855. The summed E-state index contributed by atoms with van der Waals surface area (Å²) in [6.45, 7) is 2.74. The van der Waals surface area contributed by atoms with Crippen LogP contribution in [0.25, 0.3) is 0 Å². The number of carbonyl (C=O) groups excluding carboxylic acids is 2. The van der Waals surface area contributed by atoms with E-state index < -0.39 is 5.41 Å². The second-order valence-corrected chi connectivity index (χ2v) is 8.33. The van der Waals surface area contributed by atoms with Crippen molar-refractivity contribution < 1.29 is 9.59 Å². The number of aryl methyl sites for hydroxylation is 1. The molecule has 4 rings (SSSR count). The molecule has 2 aromatic heterocycles. The van der Waals surface area contributed by atoms with E-state index in [4.69, 9.17) is 0 Å². The van der Waals surface area contributed by atoms with Gasteiger partial charge in [-0.15, -0.1) is 0 Å². The molecule has 0 radical (unpaired) electrons. The summed E-state index contributed by atoms with van der Waals surface area (Å²) in [6, 6.07) is 7.46. The Morgan fingerprint density at radius 3 is 2.79 bits per heavy atom. The average Bonchev–Trinajstić information content (AvgIpc) is 3.17. The molecule has 7 heteroatoms. The summed E-state index contributed by atoms with van der Waals surface area (Å²) in [5, 5.41) is 3.14. The molecule has 0 spiro atoms. The fourth-order valence-electron chi connectivity index (χ4n) is 4.84. The van der Waals surface area contributed by atoms with E-state index in [9.17, 15) is 9.59 Å². The standard InChI is InChI=1S/C22H29N5O2/c1-25-13-9-22(21(29)24-15-17-6-3-10-23-14-17)8-5-12-27(19(22)16-25)20(28)18-7-4-11-26(18)2/h3-4,6-7,10-11,14,19H,5,8-9,12-13,15-16H2,1-2H3,(H,24,29)/t19-,22+/m0/s1. The summed E-state index contributed by atoms with van der Waals surface area (Å²) in [5.74, 6) is 0.0748. The number of likely N-dealkylation sites (N-methyl/N-ethyl adjacent to an activating group) is 1. The SMILES string of the molecule is CN1CC[C@]2(C(=O)NCc3cccnc3)CCCN(C(=O)c3cccn3C)[C@H]2C1. The summed E-state index contributed by atoms with van der Waals surface area (Å²) in [4.78, 5) is 35.1. The molecule has 29 heavy (non-hydrogen) atoms. The number of likely N-dealkylation sites (tertiary alicyclic amines) is 2. The second kappa shape index (κ2) is 7.99. The molecule has 2 aliphatic rings. The molecule has 7 nitrogen and oxygen atoms in total. The van der Waals surface area contributed by atoms with Crippen molar-refractivity contribution in [2.24, 2.45) is 12.5 Å². The number of nitrogens with one attached hydrogen (secondary N) is 1. The molecule has 2 atom stereocenters. The predicted molar refractivity (Wildman–Crippen MR) is 110 cm³/mol. The molecule has 0 aliphatic carbocycles. The van der Waals surface area contributed by atoms with E-state index in [1.165, 1.54) is 0 Å². The third kappa shape index (κ3) is 3.67. The number of nitrogens with zero attached hydrogens (tertiary/aromatic N) is 4. The minimum Gasteiger partial charge on any atom is -0.351 e. The number of rotatable bonds is 4. The molecule has 0 aromatic carbocycles. The lowest BCUT2D eigenvalue weighted by molar-refractivity contribution is -0.142. The molecule has 154 valence electrons. The van der Waals surface area contributed by atoms with E-state index in [0.29, 0.717) is 18.8 Å². The maximum absolute atomic E-state index is 13.5. The maximum Gasteiger partial charge on any atom is 0.270 e. The van der Waals surface area contributed by atoms with Crippen molar-refractivity contribution in [3.63, 3.8) is 0 Å². The van der Waals surface area contributed by atoms with Crippen LogP contribution in [0.2, 0.25) is 0 Å². The van der Waals surface area contributed by atoms with Crippen LogP contribution in [0.15, 0.2) is 42.9 Å². The van der Waals surface area contributed by atoms with Crippen molar-refractivity contribution in [2.75, 3.05) is 26.7 Å². The smallest absolute Gasteiger partial charge is 0.270 e. The van der Waals surface area contributed by atoms with Crippen molar-refractivity contribution in [3.8, 4) is 0 Å². The summed E-state index contributed by atoms with van der Waals surface area (Å²) in [5.41, 5.74) is 1.12. The van der Waals surface area contributed by atoms with Gasteiger partial charge in [0.15, 0.2) is 0 Å². The predicted octanol–water partition coefficient (Wildman–Crippen LogP) is 1.66. The maximum atomic E-state index is 13.5. The van der Waals surface area contributed by atoms with Crippen molar-refractivity contribution >= 4 is 11.8 Å². The lowest BCUT2D eigenvalue weighted by atomic mass is 9.67. The number of fused-ring (bicyclic) bond motifs is 1. The Hall–Kier alpha value is -2.67. The molecule has 0 unspecified atom stereocenters. The van der Waals surface area contributed by atoms with E-state index in [2.05, 4.69) is 22.2 Å². The molecule has 0 saturated carbocycles. The monoisotopic (exact) mass is 395 g/mol. The Morgan fingerprint density at radius 2 is 2.07 bits per heavy atom. The molecular weight excluding hydrogens is 366 g/mol. The molecule has 2 aliphatic heterocycles. The van der Waals surface area contributed by atoms with Crippen LogP contribution in [0.1, 0.15) is 35.3 Å². The van der Waals surface area contributed by atoms with Crippen LogP contribution < -0.4 is 5.32 Å². The second-order valence-electron chi connectivity index (χ2n) is 8.33. The normalized spacial score (nSPS) is 24.8. The molecule has 2 fully saturated rings. The van der Waals surface area contributed by atoms with Gasteiger partial charge in [-0.2, -0.15) is 0 Å². The first kappa shape index (κ1) is 19.6. The van der Waals surface area contributed by atoms with Gasteiger partial charge in [-0.1, -0.05) is 6.07 Å². The van der Waals surface area contributed by atoms with Gasteiger partial charge in [-0.3, -0.25) is 14.6 Å². The molecular formula is C22H29N5O2. The number of carbonyl (C=O) groups is 2. The fourth-order valence-corrected chi connectivity index (χ4v) is 4.84. The molecule has 1 N–H and O–H groups in total. The van der Waals surface area contributed by atoms with Crippen LogP contribution in [0, 0.1) is 5.41 Å². The Kier molecular flexibility index (Phi) is 5.41. The highest BCUT2D eigenvalue weighted by Gasteiger charge is 2.53. The van der Waals surface area contributed by atoms with Crippen molar-refractivity contribution in [2.45, 2.75) is 31.8 Å². The molecule has 2 saturated heterocycles. The van der Waals surface area contributed by atoms with Gasteiger partial charge in [0.25, 0.3) is 5.91 Å². The zero-order chi connectivity index (χ0) is 20.4. The minimum absolute atomic E-state index is 0.0157. The molecule has 2 amide bonds. The number of hydrogen-bond acceptors (Lipinski definition) is 4. The van der Waals surface area contributed by atoms with E-state index >= 15 is 0 Å². The highest BCUT2D eigenvalue weighted by molar-refractivity contribution is 5.94. The molecule has 2 aromatic rings. The van der Waals surface area contributed by atoms with E-state index in [-0.39, 0.29) is 17.9 Å². The van der Waals surface area contributed by atoms with Crippen molar-refractivity contribution in [1.82, 2.24) is 24.7 Å².